The maximum Gasteiger partial charge on any atom is 0.0974 e. The van der Waals surface area contributed by atoms with Crippen LogP contribution in [0.2, 0.25) is 0 Å². The summed E-state index contributed by atoms with van der Waals surface area (Å²) in [4.78, 5) is 4.20. The summed E-state index contributed by atoms with van der Waals surface area (Å²) in [5, 5.41) is 9.03. The zero-order valence-electron chi connectivity index (χ0n) is 10.3. The van der Waals surface area contributed by atoms with E-state index in [1.807, 2.05) is 18.6 Å². The van der Waals surface area contributed by atoms with Crippen molar-refractivity contribution >= 4 is 0 Å². The van der Waals surface area contributed by atoms with Gasteiger partial charge in [-0.1, -0.05) is 6.08 Å². The fourth-order valence-electron chi connectivity index (χ4n) is 2.86. The smallest absolute Gasteiger partial charge is 0.0974 e. The molecule has 4 nitrogen and oxygen atoms in total. The molecule has 3 rings (SSSR count). The molecule has 1 aromatic heterocycles. The van der Waals surface area contributed by atoms with Crippen molar-refractivity contribution < 1.29 is 4.74 Å². The highest BCUT2D eigenvalue weighted by Gasteiger charge is 2.29. The molecule has 2 heterocycles. The van der Waals surface area contributed by atoms with Gasteiger partial charge in [0.05, 0.1) is 30.1 Å². The van der Waals surface area contributed by atoms with Crippen LogP contribution in [0.3, 0.4) is 0 Å². The lowest BCUT2D eigenvalue weighted by molar-refractivity contribution is 0.132. The largest absolute Gasteiger partial charge is 0.376 e. The third kappa shape index (κ3) is 1.68. The van der Waals surface area contributed by atoms with Crippen LogP contribution in [0.15, 0.2) is 35.8 Å². The number of hydrogen-bond donors (Lipinski definition) is 0. The molecule has 0 amide bonds. The molecule has 4 heteroatoms. The minimum atomic E-state index is -0.0948. The summed E-state index contributed by atoms with van der Waals surface area (Å²) in [5.41, 5.74) is 3.34. The number of nitriles is 1. The van der Waals surface area contributed by atoms with Crippen molar-refractivity contribution in [1.29, 1.82) is 5.26 Å². The predicted molar refractivity (Wildman–Crippen MR) is 66.8 cm³/mol. The van der Waals surface area contributed by atoms with Gasteiger partial charge in [0.2, 0.25) is 0 Å². The molecule has 1 aliphatic carbocycles. The second kappa shape index (κ2) is 4.43. The lowest BCUT2D eigenvalue weighted by atomic mass is 9.90. The number of nitrogens with zero attached hydrogens (tertiary/aromatic N) is 3. The van der Waals surface area contributed by atoms with E-state index >= 15 is 0 Å². The molecule has 1 aliphatic heterocycles. The minimum absolute atomic E-state index is 0.0948. The summed E-state index contributed by atoms with van der Waals surface area (Å²) in [5.74, 6) is 0. The van der Waals surface area contributed by atoms with Crippen molar-refractivity contribution in [2.75, 3.05) is 7.11 Å². The van der Waals surface area contributed by atoms with Crippen molar-refractivity contribution in [2.24, 2.45) is 0 Å². The Morgan fingerprint density at radius 2 is 2.39 bits per heavy atom. The van der Waals surface area contributed by atoms with Gasteiger partial charge in [0.1, 0.15) is 0 Å². The lowest BCUT2D eigenvalue weighted by Crippen LogP contribution is -2.20. The average molecular weight is 241 g/mol. The van der Waals surface area contributed by atoms with Gasteiger partial charge in [-0.15, -0.1) is 0 Å². The Balaban J connectivity index is 1.90. The first-order chi connectivity index (χ1) is 8.83. The van der Waals surface area contributed by atoms with Gasteiger partial charge in [-0.2, -0.15) is 5.26 Å². The second-order valence-corrected chi connectivity index (χ2v) is 4.75. The van der Waals surface area contributed by atoms with E-state index in [4.69, 9.17) is 10.00 Å². The van der Waals surface area contributed by atoms with Crippen LogP contribution < -0.4 is 0 Å². The van der Waals surface area contributed by atoms with Gasteiger partial charge in [-0.3, -0.25) is 0 Å². The number of methoxy groups -OCH3 is 1. The molecule has 18 heavy (non-hydrogen) atoms. The molecule has 0 bridgehead atoms. The summed E-state index contributed by atoms with van der Waals surface area (Å²) in [6.45, 7) is 0. The molecule has 1 aromatic rings. The molecule has 0 fully saturated rings. The number of aromatic nitrogens is 2. The molecule has 2 aliphatic rings. The fraction of sp³-hybridized carbons (Fsp3) is 0.429. The fourth-order valence-corrected chi connectivity index (χ4v) is 2.86. The van der Waals surface area contributed by atoms with Crippen LogP contribution in [0.25, 0.3) is 0 Å². The Bertz CT molecular complexity index is 562. The first-order valence-electron chi connectivity index (χ1n) is 6.17. The Labute approximate surface area is 106 Å². The van der Waals surface area contributed by atoms with Crippen LogP contribution in [0, 0.1) is 11.3 Å². The molecule has 92 valence electrons. The van der Waals surface area contributed by atoms with Crippen molar-refractivity contribution in [1.82, 2.24) is 9.55 Å². The zero-order valence-corrected chi connectivity index (χ0v) is 10.3. The Hall–Kier alpha value is -1.86. The summed E-state index contributed by atoms with van der Waals surface area (Å²) in [6.07, 6.45) is 10.7. The van der Waals surface area contributed by atoms with E-state index in [0.717, 1.165) is 19.3 Å². The summed E-state index contributed by atoms with van der Waals surface area (Å²) in [7, 11) is 1.66. The maximum absolute atomic E-state index is 9.03. The van der Waals surface area contributed by atoms with Gasteiger partial charge in [0.25, 0.3) is 0 Å². The molecule has 0 saturated heterocycles. The molecule has 0 N–H and O–H groups in total. The van der Waals surface area contributed by atoms with Gasteiger partial charge >= 0.3 is 0 Å². The van der Waals surface area contributed by atoms with Crippen LogP contribution in [-0.2, 0) is 11.2 Å². The summed E-state index contributed by atoms with van der Waals surface area (Å²) < 4.78 is 7.64. The standard InChI is InChI=1S/C14H15N3O/c1-18-14-6-10(2-3-11(14)7-15)13-5-4-12-8-16-9-17(12)13/h2-3,8-9,13-14H,4-6H2,1H3. The van der Waals surface area contributed by atoms with Gasteiger partial charge in [0, 0.05) is 25.4 Å². The van der Waals surface area contributed by atoms with Crippen LogP contribution in [-0.4, -0.2) is 22.8 Å². The van der Waals surface area contributed by atoms with Crippen LogP contribution in [0.4, 0.5) is 0 Å². The second-order valence-electron chi connectivity index (χ2n) is 4.75. The molecule has 2 atom stereocenters. The molecule has 0 radical (unpaired) electrons. The van der Waals surface area contributed by atoms with Gasteiger partial charge in [-0.05, 0) is 24.5 Å². The van der Waals surface area contributed by atoms with E-state index in [9.17, 15) is 0 Å². The Kier molecular flexibility index (Phi) is 2.77. The van der Waals surface area contributed by atoms with Crippen LogP contribution in [0.5, 0.6) is 0 Å². The third-order valence-electron chi connectivity index (χ3n) is 3.84. The highest BCUT2D eigenvalue weighted by molar-refractivity contribution is 5.38. The van der Waals surface area contributed by atoms with E-state index < -0.39 is 0 Å². The molecular formula is C14H15N3O. The minimum Gasteiger partial charge on any atom is -0.376 e. The SMILES string of the molecule is COC1CC(C2CCc3cncn32)=CC=C1C#N. The van der Waals surface area contributed by atoms with Crippen molar-refractivity contribution in [3.8, 4) is 6.07 Å². The number of hydrogen-bond acceptors (Lipinski definition) is 3. The molecule has 0 saturated carbocycles. The number of ether oxygens (including phenoxy) is 1. The quantitative estimate of drug-likeness (QED) is 0.797. The van der Waals surface area contributed by atoms with Crippen LogP contribution in [0.1, 0.15) is 24.6 Å². The van der Waals surface area contributed by atoms with Gasteiger partial charge in [-0.25, -0.2) is 4.98 Å². The highest BCUT2D eigenvalue weighted by Crippen LogP contribution is 2.36. The van der Waals surface area contributed by atoms with Crippen molar-refractivity contribution in [3.63, 3.8) is 0 Å². The first-order valence-corrected chi connectivity index (χ1v) is 6.17. The molecule has 0 spiro atoms. The monoisotopic (exact) mass is 241 g/mol. The van der Waals surface area contributed by atoms with E-state index in [-0.39, 0.29) is 6.10 Å². The first kappa shape index (κ1) is 11.2. The number of aryl methyl sites for hydroxylation is 1. The lowest BCUT2D eigenvalue weighted by Gasteiger charge is -2.24. The number of imidazole rings is 1. The maximum atomic E-state index is 9.03. The predicted octanol–water partition coefficient (Wildman–Crippen LogP) is 2.17. The zero-order chi connectivity index (χ0) is 12.5. The molecular weight excluding hydrogens is 226 g/mol. The number of rotatable bonds is 2. The van der Waals surface area contributed by atoms with Crippen molar-refractivity contribution in [3.05, 3.63) is 41.5 Å². The van der Waals surface area contributed by atoms with E-state index in [0.29, 0.717) is 11.6 Å². The summed E-state index contributed by atoms with van der Waals surface area (Å²) >= 11 is 0. The van der Waals surface area contributed by atoms with Gasteiger partial charge < -0.3 is 9.30 Å². The van der Waals surface area contributed by atoms with E-state index in [1.165, 1.54) is 11.3 Å². The van der Waals surface area contributed by atoms with Gasteiger partial charge in [0.15, 0.2) is 0 Å². The number of allylic oxidation sites excluding steroid dienone is 2. The Morgan fingerprint density at radius 1 is 1.50 bits per heavy atom. The number of fused-ring (bicyclic) bond motifs is 1. The molecule has 2 unspecified atom stereocenters. The van der Waals surface area contributed by atoms with Crippen molar-refractivity contribution in [2.45, 2.75) is 31.4 Å². The van der Waals surface area contributed by atoms with Crippen LogP contribution >= 0.6 is 0 Å². The highest BCUT2D eigenvalue weighted by atomic mass is 16.5. The Morgan fingerprint density at radius 3 is 3.17 bits per heavy atom. The summed E-state index contributed by atoms with van der Waals surface area (Å²) in [6, 6.07) is 2.59. The molecule has 0 aromatic carbocycles. The topological polar surface area (TPSA) is 50.8 Å². The normalized spacial score (nSPS) is 26.2. The third-order valence-corrected chi connectivity index (χ3v) is 3.84. The average Bonchev–Trinajstić information content (AvgIpc) is 3.00. The van der Waals surface area contributed by atoms with E-state index in [1.54, 1.807) is 7.11 Å². The van der Waals surface area contributed by atoms with E-state index in [2.05, 4.69) is 21.7 Å².